The number of aliphatic hydroxyl groups excluding tert-OH is 1. The van der Waals surface area contributed by atoms with Crippen LogP contribution in [0, 0.1) is 5.92 Å². The lowest BCUT2D eigenvalue weighted by atomic mass is 9.95. The third-order valence-electron chi connectivity index (χ3n) is 2.38. The summed E-state index contributed by atoms with van der Waals surface area (Å²) in [4.78, 5) is 0. The second kappa shape index (κ2) is 5.37. The lowest BCUT2D eigenvalue weighted by Gasteiger charge is -2.24. The number of ether oxygens (including phenoxy) is 1. The van der Waals surface area contributed by atoms with Crippen molar-refractivity contribution in [2.45, 2.75) is 33.3 Å². The van der Waals surface area contributed by atoms with Crippen LogP contribution in [0.1, 0.15) is 38.8 Å². The molecule has 2 heteroatoms. The Balaban J connectivity index is 3.19. The Morgan fingerprint density at radius 1 is 1.41 bits per heavy atom. The van der Waals surface area contributed by atoms with E-state index in [1.54, 1.807) is 6.08 Å². The Labute approximate surface area is 104 Å². The van der Waals surface area contributed by atoms with Gasteiger partial charge in [0.05, 0.1) is 6.61 Å². The lowest BCUT2D eigenvalue weighted by molar-refractivity contribution is 0.130. The molecular weight excluding hydrogens is 212 g/mol. The minimum absolute atomic E-state index is 0.0415. The zero-order chi connectivity index (χ0) is 13.1. The van der Waals surface area contributed by atoms with Gasteiger partial charge in [-0.25, -0.2) is 0 Å². The van der Waals surface area contributed by atoms with Gasteiger partial charge in [-0.2, -0.15) is 0 Å². The smallest absolute Gasteiger partial charge is 0.127 e. The summed E-state index contributed by atoms with van der Waals surface area (Å²) in [6.45, 7) is 11.8. The van der Waals surface area contributed by atoms with Crippen molar-refractivity contribution in [3.8, 4) is 5.75 Å². The summed E-state index contributed by atoms with van der Waals surface area (Å²) < 4.78 is 5.89. The highest BCUT2D eigenvalue weighted by atomic mass is 16.5. The highest BCUT2D eigenvalue weighted by Gasteiger charge is 2.17. The van der Waals surface area contributed by atoms with E-state index in [1.165, 1.54) is 0 Å². The normalized spacial score (nSPS) is 11.6. The maximum absolute atomic E-state index is 9.22. The molecule has 0 atom stereocenters. The third kappa shape index (κ3) is 3.60. The van der Waals surface area contributed by atoms with E-state index >= 15 is 0 Å². The average molecular weight is 233 g/mol. The van der Waals surface area contributed by atoms with Crippen LogP contribution in [-0.4, -0.2) is 17.3 Å². The molecule has 0 spiro atoms. The van der Waals surface area contributed by atoms with Crippen LogP contribution in [-0.2, 0) is 0 Å². The van der Waals surface area contributed by atoms with Gasteiger partial charge in [0.1, 0.15) is 11.4 Å². The molecule has 0 saturated heterocycles. The first-order chi connectivity index (χ1) is 7.89. The van der Waals surface area contributed by atoms with Crippen LogP contribution < -0.4 is 4.74 Å². The molecule has 0 aliphatic rings. The molecule has 0 aromatic heterocycles. The first kappa shape index (κ1) is 13.8. The van der Waals surface area contributed by atoms with Crippen molar-refractivity contribution in [2.75, 3.05) is 6.61 Å². The van der Waals surface area contributed by atoms with E-state index in [2.05, 4.69) is 6.58 Å². The van der Waals surface area contributed by atoms with Gasteiger partial charge in [-0.1, -0.05) is 31.7 Å². The summed E-state index contributed by atoms with van der Waals surface area (Å²) in [5, 5.41) is 9.22. The SMILES string of the molecule is C=Cc1c(OC(C)(C)C)cccc1[C](C)CO. The molecule has 1 rings (SSSR count). The molecule has 0 bridgehead atoms. The largest absolute Gasteiger partial charge is 0.488 e. The molecule has 1 N–H and O–H groups in total. The van der Waals surface area contributed by atoms with Gasteiger partial charge in [0, 0.05) is 11.5 Å². The Bertz CT molecular complexity index is 388. The number of rotatable bonds is 4. The molecule has 0 unspecified atom stereocenters. The first-order valence-corrected chi connectivity index (χ1v) is 5.77. The van der Waals surface area contributed by atoms with Crippen molar-refractivity contribution < 1.29 is 9.84 Å². The van der Waals surface area contributed by atoms with Gasteiger partial charge in [0.25, 0.3) is 0 Å². The second-order valence-electron chi connectivity index (χ2n) is 5.07. The Morgan fingerprint density at radius 3 is 2.53 bits per heavy atom. The molecule has 17 heavy (non-hydrogen) atoms. The fourth-order valence-corrected chi connectivity index (χ4v) is 1.63. The lowest BCUT2D eigenvalue weighted by Crippen LogP contribution is -2.23. The number of aliphatic hydroxyl groups is 1. The molecule has 0 saturated carbocycles. The molecular formula is C15H21O2. The quantitative estimate of drug-likeness (QED) is 0.863. The van der Waals surface area contributed by atoms with Gasteiger partial charge in [0.2, 0.25) is 0 Å². The monoisotopic (exact) mass is 233 g/mol. The molecule has 0 aliphatic carbocycles. The van der Waals surface area contributed by atoms with Crippen LogP contribution in [0.15, 0.2) is 24.8 Å². The van der Waals surface area contributed by atoms with Gasteiger partial charge < -0.3 is 9.84 Å². The van der Waals surface area contributed by atoms with E-state index < -0.39 is 0 Å². The zero-order valence-electron chi connectivity index (χ0n) is 11.1. The Hall–Kier alpha value is -1.28. The number of hydrogen-bond donors (Lipinski definition) is 1. The minimum Gasteiger partial charge on any atom is -0.488 e. The molecule has 93 valence electrons. The van der Waals surface area contributed by atoms with Crippen molar-refractivity contribution >= 4 is 6.08 Å². The molecule has 1 aromatic carbocycles. The molecule has 0 amide bonds. The van der Waals surface area contributed by atoms with Crippen LogP contribution >= 0.6 is 0 Å². The third-order valence-corrected chi connectivity index (χ3v) is 2.38. The predicted octanol–water partition coefficient (Wildman–Crippen LogP) is 3.44. The van der Waals surface area contributed by atoms with Crippen LogP contribution in [0.5, 0.6) is 5.75 Å². The van der Waals surface area contributed by atoms with Crippen molar-refractivity contribution in [3.05, 3.63) is 41.8 Å². The van der Waals surface area contributed by atoms with E-state index in [4.69, 9.17) is 4.74 Å². The van der Waals surface area contributed by atoms with Crippen LogP contribution in [0.4, 0.5) is 0 Å². The highest BCUT2D eigenvalue weighted by molar-refractivity contribution is 5.63. The van der Waals surface area contributed by atoms with Crippen LogP contribution in [0.2, 0.25) is 0 Å². The van der Waals surface area contributed by atoms with Crippen molar-refractivity contribution in [1.29, 1.82) is 0 Å². The average Bonchev–Trinajstić information content (AvgIpc) is 2.25. The van der Waals surface area contributed by atoms with Crippen molar-refractivity contribution in [1.82, 2.24) is 0 Å². The maximum atomic E-state index is 9.22. The van der Waals surface area contributed by atoms with E-state index in [9.17, 15) is 5.11 Å². The molecule has 2 nitrogen and oxygen atoms in total. The van der Waals surface area contributed by atoms with Gasteiger partial charge in [-0.05, 0) is 32.4 Å². The van der Waals surface area contributed by atoms with Gasteiger partial charge in [-0.15, -0.1) is 0 Å². The number of benzene rings is 1. The standard InChI is InChI=1S/C15H21O2/c1-6-12-13(11(2)10-16)8-7-9-14(12)17-15(3,4)5/h6-9,16H,1,10H2,2-5H3. The van der Waals surface area contributed by atoms with Gasteiger partial charge in [0.15, 0.2) is 0 Å². The highest BCUT2D eigenvalue weighted by Crippen LogP contribution is 2.30. The first-order valence-electron chi connectivity index (χ1n) is 5.77. The van der Waals surface area contributed by atoms with Crippen molar-refractivity contribution in [3.63, 3.8) is 0 Å². The predicted molar refractivity (Wildman–Crippen MR) is 72.0 cm³/mol. The fourth-order valence-electron chi connectivity index (χ4n) is 1.63. The Kier molecular flexibility index (Phi) is 4.35. The maximum Gasteiger partial charge on any atom is 0.127 e. The molecule has 0 heterocycles. The summed E-state index contributed by atoms with van der Waals surface area (Å²) >= 11 is 0. The zero-order valence-corrected chi connectivity index (χ0v) is 11.1. The minimum atomic E-state index is -0.247. The van der Waals surface area contributed by atoms with E-state index in [1.807, 2.05) is 45.9 Å². The van der Waals surface area contributed by atoms with Crippen molar-refractivity contribution in [2.24, 2.45) is 0 Å². The van der Waals surface area contributed by atoms with Crippen LogP contribution in [0.3, 0.4) is 0 Å². The van der Waals surface area contributed by atoms with E-state index in [0.29, 0.717) is 0 Å². The summed E-state index contributed by atoms with van der Waals surface area (Å²) in [7, 11) is 0. The summed E-state index contributed by atoms with van der Waals surface area (Å²) in [5.74, 6) is 1.72. The van der Waals surface area contributed by atoms with E-state index in [0.717, 1.165) is 22.8 Å². The second-order valence-corrected chi connectivity index (χ2v) is 5.07. The number of hydrogen-bond acceptors (Lipinski definition) is 2. The molecule has 0 fully saturated rings. The topological polar surface area (TPSA) is 29.5 Å². The fraction of sp³-hybridized carbons (Fsp3) is 0.400. The summed E-state index contributed by atoms with van der Waals surface area (Å²) in [6.07, 6.45) is 1.77. The van der Waals surface area contributed by atoms with Gasteiger partial charge >= 0.3 is 0 Å². The Morgan fingerprint density at radius 2 is 2.06 bits per heavy atom. The molecule has 1 aromatic rings. The summed E-state index contributed by atoms with van der Waals surface area (Å²) in [5.41, 5.74) is 1.68. The molecule has 1 radical (unpaired) electrons. The molecule has 0 aliphatic heterocycles. The van der Waals surface area contributed by atoms with E-state index in [-0.39, 0.29) is 12.2 Å². The van der Waals surface area contributed by atoms with Gasteiger partial charge in [-0.3, -0.25) is 0 Å². The summed E-state index contributed by atoms with van der Waals surface area (Å²) in [6, 6.07) is 5.83. The van der Waals surface area contributed by atoms with Crippen LogP contribution in [0.25, 0.3) is 6.08 Å².